The normalized spacial score (nSPS) is 22.9. The van der Waals surface area contributed by atoms with Crippen LogP contribution in [0.1, 0.15) is 78.1 Å². The Labute approximate surface area is 111 Å². The van der Waals surface area contributed by atoms with E-state index < -0.39 is 6.16 Å². The van der Waals surface area contributed by atoms with Crippen LogP contribution in [0, 0.1) is 0 Å². The minimum atomic E-state index is -0.472. The van der Waals surface area contributed by atoms with Crippen LogP contribution in [-0.4, -0.2) is 18.4 Å². The molecule has 0 aromatic rings. The van der Waals surface area contributed by atoms with E-state index in [9.17, 15) is 4.79 Å². The molecule has 1 aliphatic heterocycles. The van der Waals surface area contributed by atoms with Gasteiger partial charge in [-0.1, -0.05) is 52.4 Å². The van der Waals surface area contributed by atoms with Crippen molar-refractivity contribution in [3.63, 3.8) is 0 Å². The summed E-state index contributed by atoms with van der Waals surface area (Å²) in [4.78, 5) is 11.2. The standard InChI is InChI=1S/C15H28O3/c1-3-5-7-8-10-12-15(11-9-6-4-2)13-17-14(16)18-15/h3-13H2,1-2H3. The van der Waals surface area contributed by atoms with Crippen molar-refractivity contribution in [2.75, 3.05) is 6.61 Å². The monoisotopic (exact) mass is 256 g/mol. The van der Waals surface area contributed by atoms with E-state index >= 15 is 0 Å². The van der Waals surface area contributed by atoms with Crippen LogP contribution < -0.4 is 0 Å². The van der Waals surface area contributed by atoms with Gasteiger partial charge in [0, 0.05) is 0 Å². The van der Waals surface area contributed by atoms with Crippen LogP contribution in [0.5, 0.6) is 0 Å². The van der Waals surface area contributed by atoms with Gasteiger partial charge in [-0.3, -0.25) is 0 Å². The summed E-state index contributed by atoms with van der Waals surface area (Å²) in [6.45, 7) is 4.87. The number of hydrogen-bond acceptors (Lipinski definition) is 3. The molecule has 3 nitrogen and oxygen atoms in total. The molecule has 106 valence electrons. The minimum Gasteiger partial charge on any atom is -0.430 e. The summed E-state index contributed by atoms with van der Waals surface area (Å²) >= 11 is 0. The number of unbranched alkanes of at least 4 members (excludes halogenated alkanes) is 6. The third-order valence-corrected chi connectivity index (χ3v) is 3.72. The van der Waals surface area contributed by atoms with Crippen LogP contribution in [0.3, 0.4) is 0 Å². The van der Waals surface area contributed by atoms with Crippen molar-refractivity contribution in [2.45, 2.75) is 83.7 Å². The Bertz CT molecular complexity index is 240. The number of cyclic esters (lactones) is 2. The molecule has 0 N–H and O–H groups in total. The van der Waals surface area contributed by atoms with E-state index in [4.69, 9.17) is 9.47 Å². The Morgan fingerprint density at radius 3 is 2.06 bits per heavy atom. The zero-order chi connectivity index (χ0) is 13.3. The lowest BCUT2D eigenvalue weighted by Crippen LogP contribution is -2.31. The lowest BCUT2D eigenvalue weighted by atomic mass is 9.90. The lowest BCUT2D eigenvalue weighted by molar-refractivity contribution is 0.0380. The van der Waals surface area contributed by atoms with Gasteiger partial charge in [0.2, 0.25) is 0 Å². The largest absolute Gasteiger partial charge is 0.509 e. The second-order valence-corrected chi connectivity index (χ2v) is 5.45. The first-order valence-electron chi connectivity index (χ1n) is 7.58. The molecule has 0 aromatic heterocycles. The molecule has 1 aliphatic rings. The van der Waals surface area contributed by atoms with Gasteiger partial charge in [0.25, 0.3) is 0 Å². The summed E-state index contributed by atoms with van der Waals surface area (Å²) in [6, 6.07) is 0. The summed E-state index contributed by atoms with van der Waals surface area (Å²) in [7, 11) is 0. The fourth-order valence-electron chi connectivity index (χ4n) is 2.55. The van der Waals surface area contributed by atoms with Gasteiger partial charge in [0.1, 0.15) is 12.2 Å². The Hall–Kier alpha value is -0.730. The van der Waals surface area contributed by atoms with Crippen LogP contribution in [0.15, 0.2) is 0 Å². The summed E-state index contributed by atoms with van der Waals surface area (Å²) in [6.07, 6.45) is 11.2. The molecule has 18 heavy (non-hydrogen) atoms. The van der Waals surface area contributed by atoms with E-state index in [-0.39, 0.29) is 5.60 Å². The predicted molar refractivity (Wildman–Crippen MR) is 72.7 cm³/mol. The molecule has 1 atom stereocenters. The first-order valence-corrected chi connectivity index (χ1v) is 7.58. The Morgan fingerprint density at radius 2 is 1.50 bits per heavy atom. The van der Waals surface area contributed by atoms with Crippen LogP contribution in [-0.2, 0) is 9.47 Å². The van der Waals surface area contributed by atoms with E-state index in [1.54, 1.807) is 0 Å². The van der Waals surface area contributed by atoms with Crippen molar-refractivity contribution in [2.24, 2.45) is 0 Å². The summed E-state index contributed by atoms with van der Waals surface area (Å²) in [5.41, 5.74) is -0.307. The van der Waals surface area contributed by atoms with Gasteiger partial charge in [0.05, 0.1) is 0 Å². The van der Waals surface area contributed by atoms with Crippen LogP contribution in [0.25, 0.3) is 0 Å². The number of ether oxygens (including phenoxy) is 2. The van der Waals surface area contributed by atoms with Crippen molar-refractivity contribution in [3.05, 3.63) is 0 Å². The van der Waals surface area contributed by atoms with Gasteiger partial charge >= 0.3 is 6.16 Å². The first-order chi connectivity index (χ1) is 8.72. The third kappa shape index (κ3) is 5.28. The van der Waals surface area contributed by atoms with Crippen molar-refractivity contribution in [1.29, 1.82) is 0 Å². The van der Waals surface area contributed by atoms with Crippen molar-refractivity contribution >= 4 is 6.16 Å². The number of carbonyl (C=O) groups is 1. The highest BCUT2D eigenvalue weighted by atomic mass is 16.8. The van der Waals surface area contributed by atoms with Gasteiger partial charge in [0.15, 0.2) is 0 Å². The predicted octanol–water partition coefficient (Wildman–Crippen LogP) is 4.83. The lowest BCUT2D eigenvalue weighted by Gasteiger charge is -2.24. The van der Waals surface area contributed by atoms with Crippen LogP contribution >= 0.6 is 0 Å². The second-order valence-electron chi connectivity index (χ2n) is 5.45. The van der Waals surface area contributed by atoms with E-state index in [1.165, 1.54) is 38.5 Å². The first kappa shape index (κ1) is 15.3. The smallest absolute Gasteiger partial charge is 0.430 e. The molecule has 1 heterocycles. The van der Waals surface area contributed by atoms with Crippen LogP contribution in [0.2, 0.25) is 0 Å². The Morgan fingerprint density at radius 1 is 0.944 bits per heavy atom. The quantitative estimate of drug-likeness (QED) is 0.414. The maximum Gasteiger partial charge on any atom is 0.509 e. The third-order valence-electron chi connectivity index (χ3n) is 3.72. The maximum atomic E-state index is 11.2. The fourth-order valence-corrected chi connectivity index (χ4v) is 2.55. The molecule has 0 aromatic carbocycles. The molecule has 3 heteroatoms. The van der Waals surface area contributed by atoms with Crippen molar-refractivity contribution < 1.29 is 14.3 Å². The molecular formula is C15H28O3. The minimum absolute atomic E-state index is 0.307. The highest BCUT2D eigenvalue weighted by molar-refractivity contribution is 5.62. The van der Waals surface area contributed by atoms with E-state index in [2.05, 4.69) is 13.8 Å². The molecule has 1 fully saturated rings. The van der Waals surface area contributed by atoms with Gasteiger partial charge < -0.3 is 9.47 Å². The van der Waals surface area contributed by atoms with Crippen molar-refractivity contribution in [1.82, 2.24) is 0 Å². The number of carbonyl (C=O) groups excluding carboxylic acids is 1. The summed E-state index contributed by atoms with van der Waals surface area (Å²) < 4.78 is 10.5. The van der Waals surface area contributed by atoms with E-state index in [0.29, 0.717) is 6.61 Å². The molecule has 1 rings (SSSR count). The van der Waals surface area contributed by atoms with Crippen LogP contribution in [0.4, 0.5) is 4.79 Å². The van der Waals surface area contributed by atoms with Gasteiger partial charge in [-0.15, -0.1) is 0 Å². The second kappa shape index (κ2) is 8.39. The number of hydrogen-bond donors (Lipinski definition) is 0. The molecule has 0 bridgehead atoms. The molecule has 0 radical (unpaired) electrons. The molecular weight excluding hydrogens is 228 g/mol. The topological polar surface area (TPSA) is 35.5 Å². The zero-order valence-corrected chi connectivity index (χ0v) is 12.0. The van der Waals surface area contributed by atoms with Crippen molar-refractivity contribution in [3.8, 4) is 0 Å². The molecule has 0 saturated carbocycles. The van der Waals surface area contributed by atoms with E-state index in [1.807, 2.05) is 0 Å². The number of rotatable bonds is 10. The zero-order valence-electron chi connectivity index (χ0n) is 12.0. The molecule has 0 amide bonds. The average molecular weight is 256 g/mol. The Kier molecular flexibility index (Phi) is 7.14. The highest BCUT2D eigenvalue weighted by Gasteiger charge is 2.41. The molecule has 0 spiro atoms. The molecule has 0 aliphatic carbocycles. The highest BCUT2D eigenvalue weighted by Crippen LogP contribution is 2.32. The van der Waals surface area contributed by atoms with Gasteiger partial charge in [-0.25, -0.2) is 4.79 Å². The fraction of sp³-hybridized carbons (Fsp3) is 0.933. The SMILES string of the molecule is CCCCCCCC1(CCCCC)COC(=O)O1. The van der Waals surface area contributed by atoms with E-state index in [0.717, 1.165) is 25.7 Å². The Balaban J connectivity index is 2.29. The average Bonchev–Trinajstić information content (AvgIpc) is 2.72. The summed E-state index contributed by atoms with van der Waals surface area (Å²) in [5, 5.41) is 0. The van der Waals surface area contributed by atoms with Gasteiger partial charge in [-0.05, 0) is 25.7 Å². The van der Waals surface area contributed by atoms with Gasteiger partial charge in [-0.2, -0.15) is 0 Å². The summed E-state index contributed by atoms with van der Waals surface area (Å²) in [5.74, 6) is 0. The maximum absolute atomic E-state index is 11.2. The molecule has 1 unspecified atom stereocenters. The molecule has 1 saturated heterocycles.